The molecule has 1 saturated carbocycles. The highest BCUT2D eigenvalue weighted by Crippen LogP contribution is 2.41. The third-order valence-corrected chi connectivity index (χ3v) is 8.07. The molecule has 188 valence electrons. The fraction of sp³-hybridized carbons (Fsp3) is 0.522. The van der Waals surface area contributed by atoms with E-state index in [4.69, 9.17) is 35.7 Å². The van der Waals surface area contributed by atoms with Crippen LogP contribution in [0.1, 0.15) is 60.3 Å². The molecule has 3 heterocycles. The average Bonchev–Trinajstić information content (AvgIpc) is 3.55. The molecule has 0 amide bonds. The molecule has 0 radical (unpaired) electrons. The van der Waals surface area contributed by atoms with Crippen LogP contribution in [0, 0.1) is 5.92 Å². The fourth-order valence-electron chi connectivity index (χ4n) is 4.69. The lowest BCUT2D eigenvalue weighted by Gasteiger charge is -2.26. The maximum atomic E-state index is 12.4. The van der Waals surface area contributed by atoms with Crippen molar-refractivity contribution in [1.29, 1.82) is 0 Å². The van der Waals surface area contributed by atoms with Crippen LogP contribution < -0.4 is 9.47 Å². The number of rotatable bonds is 8. The van der Waals surface area contributed by atoms with Crippen LogP contribution in [0.25, 0.3) is 0 Å². The number of thioether (sulfide) groups is 1. The molecule has 5 rings (SSSR count). The topological polar surface area (TPSA) is 129 Å². The second-order valence-corrected chi connectivity index (χ2v) is 10.4. The predicted octanol–water partition coefficient (Wildman–Crippen LogP) is 4.18. The maximum Gasteiger partial charge on any atom is 0.355 e. The zero-order valence-corrected chi connectivity index (χ0v) is 20.3. The number of nitrogens with zero attached hydrogens (tertiary/aromatic N) is 2. The Morgan fingerprint density at radius 1 is 1.09 bits per heavy atom. The Morgan fingerprint density at radius 3 is 2.43 bits per heavy atom. The number of hydrogen-bond acceptors (Lipinski definition) is 8. The zero-order chi connectivity index (χ0) is 24.5. The number of aliphatic carboxylic acids is 1. The van der Waals surface area contributed by atoms with Gasteiger partial charge in [-0.1, -0.05) is 11.6 Å². The van der Waals surface area contributed by atoms with Crippen LogP contribution >= 0.6 is 23.4 Å². The minimum Gasteiger partial charge on any atom is -0.481 e. The van der Waals surface area contributed by atoms with Gasteiger partial charge in [0.15, 0.2) is 23.0 Å². The van der Waals surface area contributed by atoms with E-state index in [-0.39, 0.29) is 36.6 Å². The van der Waals surface area contributed by atoms with Gasteiger partial charge in [0.2, 0.25) is 13.1 Å². The van der Waals surface area contributed by atoms with Gasteiger partial charge in [-0.15, -0.1) is 11.8 Å². The summed E-state index contributed by atoms with van der Waals surface area (Å²) in [5.74, 6) is -0.276. The van der Waals surface area contributed by atoms with Crippen molar-refractivity contribution in [1.82, 2.24) is 9.55 Å². The standard InChI is InChI=1S/C23H25ClN2O8S/c24-15-9-17-16(33-11-34-17)8-13(15)10-26-19(22(29)30)21(25-20(26)23-31-5-6-32-23)35-14-3-1-12(2-4-14)7-18(27)28/h8-9,12,14,23H,1-7,10-11H2,(H,27,28)(H,29,30). The predicted molar refractivity (Wildman–Crippen MR) is 124 cm³/mol. The Kier molecular flexibility index (Phi) is 7.10. The van der Waals surface area contributed by atoms with Crippen molar-refractivity contribution in [3.05, 3.63) is 34.2 Å². The summed E-state index contributed by atoms with van der Waals surface area (Å²) in [7, 11) is 0. The van der Waals surface area contributed by atoms with E-state index in [1.165, 1.54) is 11.8 Å². The van der Waals surface area contributed by atoms with Crippen molar-refractivity contribution < 1.29 is 38.7 Å². The normalized spacial score (nSPS) is 22.0. The molecule has 0 spiro atoms. The maximum absolute atomic E-state index is 12.4. The molecule has 1 saturated heterocycles. The molecule has 0 bridgehead atoms. The lowest BCUT2D eigenvalue weighted by molar-refractivity contribution is -0.138. The van der Waals surface area contributed by atoms with Gasteiger partial charge in [-0.3, -0.25) is 4.79 Å². The smallest absolute Gasteiger partial charge is 0.355 e. The summed E-state index contributed by atoms with van der Waals surface area (Å²) in [5.41, 5.74) is 0.700. The first-order chi connectivity index (χ1) is 16.9. The monoisotopic (exact) mass is 524 g/mol. The number of carboxylic acid groups (broad SMARTS) is 2. The lowest BCUT2D eigenvalue weighted by atomic mass is 9.87. The number of carboxylic acids is 2. The number of aromatic nitrogens is 2. The van der Waals surface area contributed by atoms with Crippen molar-refractivity contribution in [2.45, 2.75) is 55.2 Å². The van der Waals surface area contributed by atoms with Crippen molar-refractivity contribution >= 4 is 35.3 Å². The summed E-state index contributed by atoms with van der Waals surface area (Å²) in [6, 6.07) is 3.40. The Labute approximate surface area is 210 Å². The molecule has 1 aromatic heterocycles. The second kappa shape index (κ2) is 10.3. The fourth-order valence-corrected chi connectivity index (χ4v) is 6.19. The van der Waals surface area contributed by atoms with Crippen LogP contribution in [0.3, 0.4) is 0 Å². The van der Waals surface area contributed by atoms with Crippen LogP contribution in [0.2, 0.25) is 5.02 Å². The minimum atomic E-state index is -1.11. The highest BCUT2D eigenvalue weighted by molar-refractivity contribution is 7.99. The van der Waals surface area contributed by atoms with Crippen molar-refractivity contribution in [2.24, 2.45) is 5.92 Å². The highest BCUT2D eigenvalue weighted by Gasteiger charge is 2.33. The van der Waals surface area contributed by atoms with E-state index in [2.05, 4.69) is 4.98 Å². The van der Waals surface area contributed by atoms with Gasteiger partial charge in [-0.25, -0.2) is 9.78 Å². The summed E-state index contributed by atoms with van der Waals surface area (Å²) in [5, 5.41) is 20.2. The molecule has 35 heavy (non-hydrogen) atoms. The number of ether oxygens (including phenoxy) is 4. The van der Waals surface area contributed by atoms with Crippen LogP contribution in [-0.4, -0.2) is 57.0 Å². The number of halogens is 1. The summed E-state index contributed by atoms with van der Waals surface area (Å²) in [6.45, 7) is 1.02. The quantitative estimate of drug-likeness (QED) is 0.518. The molecule has 2 N–H and O–H groups in total. The van der Waals surface area contributed by atoms with Gasteiger partial charge in [0.25, 0.3) is 0 Å². The molecule has 1 aromatic carbocycles. The van der Waals surface area contributed by atoms with E-state index in [1.54, 1.807) is 16.7 Å². The number of carbonyl (C=O) groups is 2. The Hall–Kier alpha value is -2.47. The van der Waals surface area contributed by atoms with Gasteiger partial charge in [-0.2, -0.15) is 0 Å². The van der Waals surface area contributed by atoms with Crippen LogP contribution in [0.4, 0.5) is 0 Å². The number of fused-ring (bicyclic) bond motifs is 1. The molecule has 0 unspecified atom stereocenters. The first-order valence-electron chi connectivity index (χ1n) is 11.4. The van der Waals surface area contributed by atoms with Crippen molar-refractivity contribution in [2.75, 3.05) is 20.0 Å². The van der Waals surface area contributed by atoms with E-state index in [1.807, 2.05) is 0 Å². The van der Waals surface area contributed by atoms with Gasteiger partial charge >= 0.3 is 11.9 Å². The van der Waals surface area contributed by atoms with E-state index in [9.17, 15) is 14.7 Å². The molecule has 2 fully saturated rings. The van der Waals surface area contributed by atoms with Gasteiger partial charge in [0, 0.05) is 22.8 Å². The zero-order valence-electron chi connectivity index (χ0n) is 18.8. The molecular weight excluding hydrogens is 500 g/mol. The van der Waals surface area contributed by atoms with Crippen LogP contribution in [0.15, 0.2) is 17.2 Å². The van der Waals surface area contributed by atoms with Crippen LogP contribution in [-0.2, 0) is 20.8 Å². The third kappa shape index (κ3) is 5.23. The number of imidazole rings is 1. The molecule has 2 aliphatic heterocycles. The molecular formula is C23H25ClN2O8S. The van der Waals surface area contributed by atoms with E-state index < -0.39 is 18.2 Å². The lowest BCUT2D eigenvalue weighted by Crippen LogP contribution is -2.19. The highest BCUT2D eigenvalue weighted by atomic mass is 35.5. The Balaban J connectivity index is 1.44. The van der Waals surface area contributed by atoms with Gasteiger partial charge in [0.05, 0.1) is 19.8 Å². The second-order valence-electron chi connectivity index (χ2n) is 8.74. The molecule has 3 aliphatic rings. The molecule has 12 heteroatoms. The molecule has 2 aromatic rings. The van der Waals surface area contributed by atoms with Crippen LogP contribution in [0.5, 0.6) is 11.5 Å². The summed E-state index contributed by atoms with van der Waals surface area (Å²) >= 11 is 7.91. The van der Waals surface area contributed by atoms with Crippen molar-refractivity contribution in [3.8, 4) is 11.5 Å². The van der Waals surface area contributed by atoms with E-state index >= 15 is 0 Å². The third-order valence-electron chi connectivity index (χ3n) is 6.41. The summed E-state index contributed by atoms with van der Waals surface area (Å²) in [4.78, 5) is 28.2. The Bertz CT molecular complexity index is 1130. The summed E-state index contributed by atoms with van der Waals surface area (Å²) < 4.78 is 23.8. The molecule has 10 nitrogen and oxygen atoms in total. The summed E-state index contributed by atoms with van der Waals surface area (Å²) in [6.07, 6.45) is 2.58. The average molecular weight is 525 g/mol. The van der Waals surface area contributed by atoms with Crippen molar-refractivity contribution in [3.63, 3.8) is 0 Å². The number of hydrogen-bond donors (Lipinski definition) is 2. The Morgan fingerprint density at radius 2 is 1.77 bits per heavy atom. The van der Waals surface area contributed by atoms with Gasteiger partial charge in [-0.05, 0) is 43.2 Å². The van der Waals surface area contributed by atoms with Gasteiger partial charge in [0.1, 0.15) is 5.03 Å². The molecule has 0 atom stereocenters. The first-order valence-corrected chi connectivity index (χ1v) is 12.7. The van der Waals surface area contributed by atoms with E-state index in [0.29, 0.717) is 46.1 Å². The molecule has 1 aliphatic carbocycles. The first kappa shape index (κ1) is 24.2. The van der Waals surface area contributed by atoms with E-state index in [0.717, 1.165) is 25.7 Å². The SMILES string of the molecule is O=C(O)CC1CCC(Sc2nc(C3OCCO3)n(Cc3cc4c(cc3Cl)OCO4)c2C(=O)O)CC1. The number of benzene rings is 1. The van der Waals surface area contributed by atoms with Gasteiger partial charge < -0.3 is 33.7 Å². The largest absolute Gasteiger partial charge is 0.481 e. The number of aromatic carboxylic acids is 1. The minimum absolute atomic E-state index is 0.0468.